The maximum Gasteiger partial charge on any atom is 0.132 e. The molecule has 0 aromatic carbocycles. The summed E-state index contributed by atoms with van der Waals surface area (Å²) in [5, 5.41) is 0. The first-order valence-corrected chi connectivity index (χ1v) is 4.99. The summed E-state index contributed by atoms with van der Waals surface area (Å²) in [5.74, 6) is 2.68. The lowest BCUT2D eigenvalue weighted by Crippen LogP contribution is -2.12. The van der Waals surface area contributed by atoms with Crippen molar-refractivity contribution in [2.45, 2.75) is 32.6 Å². The third kappa shape index (κ3) is 1.33. The topological polar surface area (TPSA) is 17.1 Å². The quantitative estimate of drug-likeness (QED) is 0.586. The van der Waals surface area contributed by atoms with Crippen molar-refractivity contribution in [2.75, 3.05) is 0 Å². The molecular weight excluding hydrogens is 148 g/mol. The van der Waals surface area contributed by atoms with Crippen molar-refractivity contribution in [3.8, 4) is 0 Å². The molecule has 0 aliphatic heterocycles. The molecule has 0 amide bonds. The summed E-state index contributed by atoms with van der Waals surface area (Å²) in [6.07, 6.45) is 8.80. The first kappa shape index (κ1) is 8.03. The van der Waals surface area contributed by atoms with Crippen LogP contribution in [0, 0.1) is 17.8 Å². The van der Waals surface area contributed by atoms with Gasteiger partial charge in [0, 0.05) is 12.8 Å². The summed E-state index contributed by atoms with van der Waals surface area (Å²) in [5.41, 5.74) is 0. The lowest BCUT2D eigenvalue weighted by Gasteiger charge is -2.16. The van der Waals surface area contributed by atoms with Crippen LogP contribution in [0.4, 0.5) is 0 Å². The molecule has 66 valence electrons. The maximum atomic E-state index is 11.2. The Morgan fingerprint density at radius 1 is 1.42 bits per heavy atom. The van der Waals surface area contributed by atoms with Crippen LogP contribution in [0.15, 0.2) is 12.2 Å². The molecule has 0 heterocycles. The molecule has 2 rings (SSSR count). The second-order valence-corrected chi connectivity index (χ2v) is 4.14. The Labute approximate surface area is 73.8 Å². The number of carbonyl (C=O) groups excluding carboxylic acids is 1. The van der Waals surface area contributed by atoms with E-state index in [0.29, 0.717) is 11.7 Å². The van der Waals surface area contributed by atoms with Crippen molar-refractivity contribution in [1.82, 2.24) is 0 Å². The standard InChI is InChI=1S/C11H16O/c1-2-11(12)7-10-6-8-3-4-9(10)5-8/h3-4,8-10H,2,5-7H2,1H3. The van der Waals surface area contributed by atoms with Crippen molar-refractivity contribution in [3.63, 3.8) is 0 Å². The van der Waals surface area contributed by atoms with Gasteiger partial charge in [0.05, 0.1) is 0 Å². The van der Waals surface area contributed by atoms with Crippen molar-refractivity contribution < 1.29 is 4.79 Å². The van der Waals surface area contributed by atoms with Gasteiger partial charge in [-0.25, -0.2) is 0 Å². The summed E-state index contributed by atoms with van der Waals surface area (Å²) >= 11 is 0. The number of fused-ring (bicyclic) bond motifs is 2. The molecule has 2 aliphatic rings. The molecule has 3 atom stereocenters. The highest BCUT2D eigenvalue weighted by Crippen LogP contribution is 2.44. The molecule has 0 aromatic heterocycles. The fourth-order valence-corrected chi connectivity index (χ4v) is 2.57. The smallest absolute Gasteiger partial charge is 0.132 e. The lowest BCUT2D eigenvalue weighted by molar-refractivity contribution is -0.119. The SMILES string of the molecule is CCC(=O)CC1CC2C=CC1C2. The molecule has 0 spiro atoms. The van der Waals surface area contributed by atoms with Gasteiger partial charge >= 0.3 is 0 Å². The van der Waals surface area contributed by atoms with Gasteiger partial charge in [-0.15, -0.1) is 0 Å². The zero-order valence-electron chi connectivity index (χ0n) is 7.62. The van der Waals surface area contributed by atoms with Gasteiger partial charge in [-0.1, -0.05) is 19.1 Å². The number of ketones is 1. The van der Waals surface area contributed by atoms with Crippen molar-refractivity contribution in [1.29, 1.82) is 0 Å². The fraction of sp³-hybridized carbons (Fsp3) is 0.727. The molecule has 0 N–H and O–H groups in total. The van der Waals surface area contributed by atoms with Gasteiger partial charge in [0.2, 0.25) is 0 Å². The summed E-state index contributed by atoms with van der Waals surface area (Å²) in [6, 6.07) is 0. The molecule has 0 radical (unpaired) electrons. The van der Waals surface area contributed by atoms with Crippen LogP contribution < -0.4 is 0 Å². The van der Waals surface area contributed by atoms with E-state index in [1.54, 1.807) is 0 Å². The van der Waals surface area contributed by atoms with Gasteiger partial charge in [0.1, 0.15) is 5.78 Å². The van der Waals surface area contributed by atoms with Crippen LogP contribution in [0.5, 0.6) is 0 Å². The van der Waals surface area contributed by atoms with Crippen LogP contribution >= 0.6 is 0 Å². The Hall–Kier alpha value is -0.590. The minimum Gasteiger partial charge on any atom is -0.300 e. The Morgan fingerprint density at radius 3 is 2.75 bits per heavy atom. The van der Waals surface area contributed by atoms with E-state index in [-0.39, 0.29) is 0 Å². The fourth-order valence-electron chi connectivity index (χ4n) is 2.57. The predicted molar refractivity (Wildman–Crippen MR) is 48.8 cm³/mol. The van der Waals surface area contributed by atoms with Gasteiger partial charge in [0.25, 0.3) is 0 Å². The molecule has 2 bridgehead atoms. The van der Waals surface area contributed by atoms with Gasteiger partial charge in [0.15, 0.2) is 0 Å². The van der Waals surface area contributed by atoms with Gasteiger partial charge in [-0.05, 0) is 30.6 Å². The van der Waals surface area contributed by atoms with E-state index in [0.717, 1.165) is 24.7 Å². The van der Waals surface area contributed by atoms with Gasteiger partial charge in [-0.2, -0.15) is 0 Å². The van der Waals surface area contributed by atoms with E-state index >= 15 is 0 Å². The van der Waals surface area contributed by atoms with E-state index in [9.17, 15) is 4.79 Å². The Kier molecular flexibility index (Phi) is 2.03. The molecule has 1 fully saturated rings. The Bertz CT molecular complexity index is 217. The molecular formula is C11H16O. The molecule has 0 saturated heterocycles. The second kappa shape index (κ2) is 3.04. The number of allylic oxidation sites excluding steroid dienone is 2. The Balaban J connectivity index is 1.91. The summed E-state index contributed by atoms with van der Waals surface area (Å²) < 4.78 is 0. The third-order valence-corrected chi connectivity index (χ3v) is 3.30. The van der Waals surface area contributed by atoms with Gasteiger partial charge < -0.3 is 0 Å². The van der Waals surface area contributed by atoms with E-state index in [1.807, 2.05) is 6.92 Å². The predicted octanol–water partition coefficient (Wildman–Crippen LogP) is 2.57. The van der Waals surface area contributed by atoms with E-state index in [4.69, 9.17) is 0 Å². The van der Waals surface area contributed by atoms with Gasteiger partial charge in [-0.3, -0.25) is 4.79 Å². The largest absolute Gasteiger partial charge is 0.300 e. The average molecular weight is 164 g/mol. The molecule has 2 aliphatic carbocycles. The highest BCUT2D eigenvalue weighted by Gasteiger charge is 2.35. The van der Waals surface area contributed by atoms with Crippen LogP contribution in [-0.2, 0) is 4.79 Å². The number of carbonyl (C=O) groups is 1. The van der Waals surface area contributed by atoms with Crippen LogP contribution in [-0.4, -0.2) is 5.78 Å². The van der Waals surface area contributed by atoms with Crippen LogP contribution in [0.3, 0.4) is 0 Å². The normalized spacial score (nSPS) is 37.6. The van der Waals surface area contributed by atoms with Crippen LogP contribution in [0.1, 0.15) is 32.6 Å². The van der Waals surface area contributed by atoms with Crippen molar-refractivity contribution >= 4 is 5.78 Å². The molecule has 1 saturated carbocycles. The first-order valence-electron chi connectivity index (χ1n) is 4.99. The third-order valence-electron chi connectivity index (χ3n) is 3.30. The molecule has 0 aromatic rings. The lowest BCUT2D eigenvalue weighted by atomic mass is 9.88. The monoisotopic (exact) mass is 164 g/mol. The van der Waals surface area contributed by atoms with E-state index < -0.39 is 0 Å². The zero-order valence-corrected chi connectivity index (χ0v) is 7.62. The average Bonchev–Trinajstić information content (AvgIpc) is 2.64. The minimum atomic E-state index is 0.445. The van der Waals surface area contributed by atoms with E-state index in [1.165, 1.54) is 12.8 Å². The second-order valence-electron chi connectivity index (χ2n) is 4.14. The van der Waals surface area contributed by atoms with Crippen molar-refractivity contribution in [2.24, 2.45) is 17.8 Å². The molecule has 3 unspecified atom stereocenters. The summed E-state index contributed by atoms with van der Waals surface area (Å²) in [7, 11) is 0. The zero-order chi connectivity index (χ0) is 8.55. The number of hydrogen-bond donors (Lipinski definition) is 0. The van der Waals surface area contributed by atoms with E-state index in [2.05, 4.69) is 12.2 Å². The number of hydrogen-bond acceptors (Lipinski definition) is 1. The maximum absolute atomic E-state index is 11.2. The van der Waals surface area contributed by atoms with Crippen LogP contribution in [0.25, 0.3) is 0 Å². The highest BCUT2D eigenvalue weighted by atomic mass is 16.1. The molecule has 1 nitrogen and oxygen atoms in total. The minimum absolute atomic E-state index is 0.445. The summed E-state index contributed by atoms with van der Waals surface area (Å²) in [6.45, 7) is 1.96. The molecule has 1 heteroatoms. The number of rotatable bonds is 3. The number of Topliss-reactive ketones (excluding diaryl/α,β-unsaturated/α-hetero) is 1. The Morgan fingerprint density at radius 2 is 2.25 bits per heavy atom. The molecule has 12 heavy (non-hydrogen) atoms. The first-order chi connectivity index (χ1) is 5.79. The van der Waals surface area contributed by atoms with Crippen LogP contribution in [0.2, 0.25) is 0 Å². The highest BCUT2D eigenvalue weighted by molar-refractivity contribution is 5.78. The summed E-state index contributed by atoms with van der Waals surface area (Å²) in [4.78, 5) is 11.2. The van der Waals surface area contributed by atoms with Crippen molar-refractivity contribution in [3.05, 3.63) is 12.2 Å².